The average Bonchev–Trinajstić information content (AvgIpc) is 2.75. The van der Waals surface area contributed by atoms with Crippen LogP contribution in [0, 0.1) is 0 Å². The van der Waals surface area contributed by atoms with Crippen LogP contribution in [-0.2, 0) is 0 Å². The Morgan fingerprint density at radius 1 is 0.964 bits per heavy atom. The first-order chi connectivity index (χ1) is 13.7. The maximum atomic E-state index is 12.4. The third kappa shape index (κ3) is 4.03. The first-order valence-electron chi connectivity index (χ1n) is 9.05. The van der Waals surface area contributed by atoms with Crippen LogP contribution in [-0.4, -0.2) is 29.3 Å². The van der Waals surface area contributed by atoms with Crippen molar-refractivity contribution in [3.8, 4) is 11.5 Å². The van der Waals surface area contributed by atoms with Crippen molar-refractivity contribution in [3.05, 3.63) is 71.9 Å². The number of benzene rings is 2. The van der Waals surface area contributed by atoms with Crippen molar-refractivity contribution in [3.63, 3.8) is 0 Å². The molecule has 1 aliphatic heterocycles. The molecular weight excluding hydrogens is 356 g/mol. The Morgan fingerprint density at radius 2 is 1.75 bits per heavy atom. The zero-order valence-electron chi connectivity index (χ0n) is 15.4. The SMILES string of the molecule is CC(NC(=O)c1ccc(Nc2ccc3c(c2)OCCO3)nn1)c1ccccc1. The van der Waals surface area contributed by atoms with E-state index < -0.39 is 0 Å². The van der Waals surface area contributed by atoms with Crippen LogP contribution in [0.25, 0.3) is 0 Å². The summed E-state index contributed by atoms with van der Waals surface area (Å²) in [4.78, 5) is 12.4. The van der Waals surface area contributed by atoms with Crippen LogP contribution in [0.3, 0.4) is 0 Å². The molecule has 1 atom stereocenters. The Balaban J connectivity index is 1.40. The second-order valence-corrected chi connectivity index (χ2v) is 6.39. The summed E-state index contributed by atoms with van der Waals surface area (Å²) in [6.07, 6.45) is 0. The minimum Gasteiger partial charge on any atom is -0.486 e. The first kappa shape index (κ1) is 17.8. The smallest absolute Gasteiger partial charge is 0.272 e. The number of hydrogen-bond donors (Lipinski definition) is 2. The summed E-state index contributed by atoms with van der Waals surface area (Å²) in [7, 11) is 0. The number of anilines is 2. The van der Waals surface area contributed by atoms with Gasteiger partial charge >= 0.3 is 0 Å². The van der Waals surface area contributed by atoms with Gasteiger partial charge in [0.2, 0.25) is 0 Å². The Kier molecular flexibility index (Phi) is 5.05. The quantitative estimate of drug-likeness (QED) is 0.709. The average molecular weight is 376 g/mol. The number of aromatic nitrogens is 2. The predicted octanol–water partition coefficient (Wildman–Crippen LogP) is 3.48. The molecule has 7 nitrogen and oxygen atoms in total. The summed E-state index contributed by atoms with van der Waals surface area (Å²) in [5.41, 5.74) is 2.09. The minimum absolute atomic E-state index is 0.119. The topological polar surface area (TPSA) is 85.4 Å². The Bertz CT molecular complexity index is 961. The fraction of sp³-hybridized carbons (Fsp3) is 0.190. The molecule has 1 aliphatic rings. The van der Waals surface area contributed by atoms with Crippen LogP contribution in [0.5, 0.6) is 11.5 Å². The van der Waals surface area contributed by atoms with E-state index in [1.54, 1.807) is 12.1 Å². The summed E-state index contributed by atoms with van der Waals surface area (Å²) in [5, 5.41) is 14.2. The highest BCUT2D eigenvalue weighted by Crippen LogP contribution is 2.33. The zero-order chi connectivity index (χ0) is 19.3. The van der Waals surface area contributed by atoms with E-state index in [9.17, 15) is 4.79 Å². The number of nitrogens with zero attached hydrogens (tertiary/aromatic N) is 2. The number of rotatable bonds is 5. The fourth-order valence-electron chi connectivity index (χ4n) is 2.88. The molecule has 0 saturated heterocycles. The largest absolute Gasteiger partial charge is 0.486 e. The number of nitrogens with one attached hydrogen (secondary N) is 2. The molecule has 4 rings (SSSR count). The summed E-state index contributed by atoms with van der Waals surface area (Å²) in [6.45, 7) is 3.01. The van der Waals surface area contributed by atoms with Gasteiger partial charge in [0.15, 0.2) is 23.0 Å². The van der Waals surface area contributed by atoms with Crippen LogP contribution in [0.15, 0.2) is 60.7 Å². The predicted molar refractivity (Wildman–Crippen MR) is 105 cm³/mol. The molecule has 3 aromatic rings. The van der Waals surface area contributed by atoms with Gasteiger partial charge in [-0.25, -0.2) is 0 Å². The molecule has 0 bridgehead atoms. The maximum Gasteiger partial charge on any atom is 0.272 e. The molecule has 142 valence electrons. The van der Waals surface area contributed by atoms with Gasteiger partial charge in [0.1, 0.15) is 13.2 Å². The zero-order valence-corrected chi connectivity index (χ0v) is 15.4. The number of ether oxygens (including phenoxy) is 2. The molecule has 28 heavy (non-hydrogen) atoms. The third-order valence-corrected chi connectivity index (χ3v) is 4.36. The van der Waals surface area contributed by atoms with Gasteiger partial charge < -0.3 is 20.1 Å². The van der Waals surface area contributed by atoms with Gasteiger partial charge in [0, 0.05) is 11.8 Å². The van der Waals surface area contributed by atoms with Gasteiger partial charge in [-0.05, 0) is 36.8 Å². The lowest BCUT2D eigenvalue weighted by Crippen LogP contribution is -2.27. The van der Waals surface area contributed by atoms with E-state index >= 15 is 0 Å². The summed E-state index contributed by atoms with van der Waals surface area (Å²) >= 11 is 0. The normalized spacial score (nSPS) is 13.5. The molecule has 7 heteroatoms. The van der Waals surface area contributed by atoms with Gasteiger partial charge in [-0.3, -0.25) is 4.79 Å². The molecule has 2 aromatic carbocycles. The first-order valence-corrected chi connectivity index (χ1v) is 9.05. The van der Waals surface area contributed by atoms with Crippen molar-refractivity contribution in [1.82, 2.24) is 15.5 Å². The van der Waals surface area contributed by atoms with Gasteiger partial charge in [-0.1, -0.05) is 30.3 Å². The van der Waals surface area contributed by atoms with Crippen LogP contribution in [0.2, 0.25) is 0 Å². The van der Waals surface area contributed by atoms with E-state index in [4.69, 9.17) is 9.47 Å². The van der Waals surface area contributed by atoms with E-state index in [-0.39, 0.29) is 17.6 Å². The van der Waals surface area contributed by atoms with Crippen LogP contribution < -0.4 is 20.1 Å². The molecule has 0 fully saturated rings. The molecular formula is C21H20N4O3. The summed E-state index contributed by atoms with van der Waals surface area (Å²) < 4.78 is 11.1. The number of carbonyl (C=O) groups excluding carboxylic acids is 1. The van der Waals surface area contributed by atoms with E-state index in [0.29, 0.717) is 24.8 Å². The number of hydrogen-bond acceptors (Lipinski definition) is 6. The Labute approximate surface area is 162 Å². The molecule has 0 radical (unpaired) electrons. The molecule has 2 N–H and O–H groups in total. The van der Waals surface area contributed by atoms with Crippen molar-refractivity contribution < 1.29 is 14.3 Å². The fourth-order valence-corrected chi connectivity index (χ4v) is 2.88. The van der Waals surface area contributed by atoms with Crippen molar-refractivity contribution in [1.29, 1.82) is 0 Å². The van der Waals surface area contributed by atoms with E-state index in [1.807, 2.05) is 55.5 Å². The number of carbonyl (C=O) groups is 1. The maximum absolute atomic E-state index is 12.4. The molecule has 1 aromatic heterocycles. The molecule has 0 saturated carbocycles. The molecule has 2 heterocycles. The molecule has 0 spiro atoms. The van der Waals surface area contributed by atoms with Gasteiger partial charge in [0.25, 0.3) is 5.91 Å². The highest BCUT2D eigenvalue weighted by Gasteiger charge is 2.14. The van der Waals surface area contributed by atoms with Crippen molar-refractivity contribution in [2.45, 2.75) is 13.0 Å². The lowest BCUT2D eigenvalue weighted by molar-refractivity contribution is 0.0934. The second kappa shape index (κ2) is 7.96. The third-order valence-electron chi connectivity index (χ3n) is 4.36. The highest BCUT2D eigenvalue weighted by molar-refractivity contribution is 5.92. The van der Waals surface area contributed by atoms with Crippen molar-refractivity contribution >= 4 is 17.4 Å². The van der Waals surface area contributed by atoms with Gasteiger partial charge in [-0.15, -0.1) is 10.2 Å². The standard InChI is InChI=1S/C21H20N4O3/c1-14(15-5-3-2-4-6-15)22-21(26)17-8-10-20(25-24-17)23-16-7-9-18-19(13-16)28-12-11-27-18/h2-10,13-14H,11-12H2,1H3,(H,22,26)(H,23,25). The second-order valence-electron chi connectivity index (χ2n) is 6.39. The van der Waals surface area contributed by atoms with Crippen LogP contribution >= 0.6 is 0 Å². The lowest BCUT2D eigenvalue weighted by Gasteiger charge is -2.19. The Morgan fingerprint density at radius 3 is 2.50 bits per heavy atom. The van der Waals surface area contributed by atoms with E-state index in [0.717, 1.165) is 17.0 Å². The molecule has 1 amide bonds. The Hall–Kier alpha value is -3.61. The minimum atomic E-state index is -0.269. The molecule has 1 unspecified atom stereocenters. The van der Waals surface area contributed by atoms with Crippen LogP contribution in [0.4, 0.5) is 11.5 Å². The molecule has 0 aliphatic carbocycles. The lowest BCUT2D eigenvalue weighted by atomic mass is 10.1. The van der Waals surface area contributed by atoms with E-state index in [2.05, 4.69) is 20.8 Å². The monoisotopic (exact) mass is 376 g/mol. The van der Waals surface area contributed by atoms with Gasteiger partial charge in [0.05, 0.1) is 6.04 Å². The highest BCUT2D eigenvalue weighted by atomic mass is 16.6. The number of fused-ring (bicyclic) bond motifs is 1. The van der Waals surface area contributed by atoms with Gasteiger partial charge in [-0.2, -0.15) is 0 Å². The summed E-state index contributed by atoms with van der Waals surface area (Å²) in [6, 6.07) is 18.6. The van der Waals surface area contributed by atoms with Crippen LogP contribution in [0.1, 0.15) is 29.0 Å². The number of amides is 1. The van der Waals surface area contributed by atoms with Crippen molar-refractivity contribution in [2.75, 3.05) is 18.5 Å². The summed E-state index contributed by atoms with van der Waals surface area (Å²) in [5.74, 6) is 1.68. The van der Waals surface area contributed by atoms with E-state index in [1.165, 1.54) is 0 Å². The van der Waals surface area contributed by atoms with Crippen molar-refractivity contribution in [2.24, 2.45) is 0 Å².